The molecule has 0 aromatic carbocycles. The maximum atomic E-state index is 12.3. The van der Waals surface area contributed by atoms with Crippen LogP contribution >= 0.6 is 0 Å². The molecule has 2 N–H and O–H groups in total. The highest BCUT2D eigenvalue weighted by Gasteiger charge is 2.55. The largest absolute Gasteiger partial charge is 0.414 e. The molecule has 3 rings (SSSR count). The van der Waals surface area contributed by atoms with Crippen LogP contribution in [0.3, 0.4) is 0 Å². The van der Waals surface area contributed by atoms with Gasteiger partial charge in [0, 0.05) is 12.3 Å². The number of rotatable bonds is 9. The molecule has 2 aromatic rings. The Morgan fingerprint density at radius 1 is 1.13 bits per heavy atom. The number of fused-ring (bicyclic) bond motifs is 1. The quantitative estimate of drug-likeness (QED) is 0.375. The molecule has 2 aromatic heterocycles. The monoisotopic (exact) mass is 579 g/mol. The lowest BCUT2D eigenvalue weighted by atomic mass is 9.99. The molecule has 12 heteroatoms. The lowest BCUT2D eigenvalue weighted by Crippen LogP contribution is -2.56. The summed E-state index contributed by atoms with van der Waals surface area (Å²) in [5, 5.41) is 13.7. The summed E-state index contributed by atoms with van der Waals surface area (Å²) in [6, 6.07) is 0. The predicted molar refractivity (Wildman–Crippen MR) is 159 cm³/mol. The van der Waals surface area contributed by atoms with E-state index < -0.39 is 34.6 Å². The number of aromatic nitrogens is 4. The molecule has 1 saturated heterocycles. The number of anilines is 1. The molecular weight excluding hydrogens is 530 g/mol. The Bertz CT molecular complexity index is 1170. The Kier molecular flexibility index (Phi) is 8.92. The van der Waals surface area contributed by atoms with Crippen molar-refractivity contribution in [3.63, 3.8) is 0 Å². The Labute approximate surface area is 235 Å². The van der Waals surface area contributed by atoms with Crippen LogP contribution in [0.1, 0.15) is 68.0 Å². The fourth-order valence-corrected chi connectivity index (χ4v) is 6.31. The van der Waals surface area contributed by atoms with Gasteiger partial charge in [-0.1, -0.05) is 55.4 Å². The number of nitrogens with one attached hydrogen (secondary N) is 1. The Morgan fingerprint density at radius 3 is 2.28 bits per heavy atom. The summed E-state index contributed by atoms with van der Waals surface area (Å²) >= 11 is 0. The van der Waals surface area contributed by atoms with E-state index in [1.807, 2.05) is 18.4 Å². The zero-order chi connectivity index (χ0) is 29.6. The van der Waals surface area contributed by atoms with E-state index in [9.17, 15) is 9.90 Å². The van der Waals surface area contributed by atoms with Gasteiger partial charge in [-0.2, -0.15) is 0 Å². The second-order valence-corrected chi connectivity index (χ2v) is 23.7. The van der Waals surface area contributed by atoms with Gasteiger partial charge >= 0.3 is 0 Å². The molecule has 0 saturated carbocycles. The summed E-state index contributed by atoms with van der Waals surface area (Å²) in [5.74, 6) is 0.0142. The third-order valence-corrected chi connectivity index (χ3v) is 17.8. The van der Waals surface area contributed by atoms with Crippen molar-refractivity contribution in [3.05, 3.63) is 12.7 Å². The molecule has 1 aliphatic rings. The molecule has 1 amide bonds. The number of ether oxygens (including phenoxy) is 1. The summed E-state index contributed by atoms with van der Waals surface area (Å²) in [6.07, 6.45) is 2.67. The van der Waals surface area contributed by atoms with Gasteiger partial charge in [-0.3, -0.25) is 9.36 Å². The smallest absolute Gasteiger partial charge is 0.228 e. The highest BCUT2D eigenvalue weighted by Crippen LogP contribution is 2.46. The first-order valence-electron chi connectivity index (χ1n) is 13.8. The number of hydrogen-bond acceptors (Lipinski definition) is 8. The molecule has 0 spiro atoms. The van der Waals surface area contributed by atoms with E-state index >= 15 is 0 Å². The lowest BCUT2D eigenvalue weighted by Gasteiger charge is -2.44. The van der Waals surface area contributed by atoms with Crippen LogP contribution in [-0.2, 0) is 18.4 Å². The van der Waals surface area contributed by atoms with Gasteiger partial charge in [0.05, 0.1) is 25.6 Å². The van der Waals surface area contributed by atoms with Gasteiger partial charge in [-0.05, 0) is 36.3 Å². The van der Waals surface area contributed by atoms with E-state index in [0.29, 0.717) is 23.4 Å². The maximum Gasteiger partial charge on any atom is 0.228 e. The van der Waals surface area contributed by atoms with Crippen LogP contribution < -0.4 is 5.32 Å². The first-order chi connectivity index (χ1) is 17.7. The fraction of sp³-hybridized carbons (Fsp3) is 0.778. The molecule has 1 aliphatic heterocycles. The molecule has 1 fully saturated rings. The van der Waals surface area contributed by atoms with E-state index in [4.69, 9.17) is 13.6 Å². The van der Waals surface area contributed by atoms with Gasteiger partial charge in [0.25, 0.3) is 0 Å². The third-order valence-electron chi connectivity index (χ3n) is 8.80. The SMILES string of the molecule is CC(C)C(=O)Nc1ncnc2c1ncn2[C@H]1CC(O[Si](C)(C)C(C)(C)C)[C@@](CO)(CO[Si](C)(C)C(C)(C)C)O1. The number of imidazole rings is 1. The van der Waals surface area contributed by atoms with Crippen LogP contribution in [-0.4, -0.2) is 72.1 Å². The van der Waals surface area contributed by atoms with Crippen molar-refractivity contribution in [2.45, 2.75) is 116 Å². The number of amides is 1. The summed E-state index contributed by atoms with van der Waals surface area (Å²) < 4.78 is 22.1. The zero-order valence-electron chi connectivity index (χ0n) is 25.9. The molecule has 3 atom stereocenters. The number of hydrogen-bond donors (Lipinski definition) is 2. The Balaban J connectivity index is 2.01. The number of carbonyl (C=O) groups is 1. The van der Waals surface area contributed by atoms with Crippen molar-refractivity contribution < 1.29 is 23.5 Å². The van der Waals surface area contributed by atoms with Crippen molar-refractivity contribution in [3.8, 4) is 0 Å². The standard InChI is InChI=1S/C27H49N5O5Si2/c1-18(2)24(34)31-22-21-23(29-16-28-22)32(17-30-21)20-13-19(37-39(11,12)26(6,7)8)27(14-33,36-20)15-35-38(9,10)25(3,4)5/h16-20,33H,13-15H2,1-12H3,(H,28,29,31,34)/t19?,20-,27-/m1/s1. The van der Waals surface area contributed by atoms with Crippen LogP contribution in [0.15, 0.2) is 12.7 Å². The van der Waals surface area contributed by atoms with Crippen LogP contribution in [0.4, 0.5) is 5.82 Å². The highest BCUT2D eigenvalue weighted by atomic mass is 28.4. The number of aliphatic hydroxyl groups is 1. The number of aliphatic hydroxyl groups excluding tert-OH is 1. The average molecular weight is 580 g/mol. The van der Waals surface area contributed by atoms with Gasteiger partial charge in [0.15, 0.2) is 33.6 Å². The summed E-state index contributed by atoms with van der Waals surface area (Å²) in [6.45, 7) is 25.6. The van der Waals surface area contributed by atoms with Gasteiger partial charge in [-0.15, -0.1) is 0 Å². The van der Waals surface area contributed by atoms with Crippen LogP contribution in [0.2, 0.25) is 36.3 Å². The van der Waals surface area contributed by atoms with Crippen molar-refractivity contribution in [2.75, 3.05) is 18.5 Å². The molecule has 1 unspecified atom stereocenters. The van der Waals surface area contributed by atoms with Crippen LogP contribution in [0, 0.1) is 5.92 Å². The molecule has 0 radical (unpaired) electrons. The van der Waals surface area contributed by atoms with E-state index in [2.05, 4.69) is 88.0 Å². The first-order valence-corrected chi connectivity index (χ1v) is 19.7. The second-order valence-electron chi connectivity index (χ2n) is 14.1. The van der Waals surface area contributed by atoms with E-state index in [-0.39, 0.29) is 35.1 Å². The molecule has 0 aliphatic carbocycles. The maximum absolute atomic E-state index is 12.3. The average Bonchev–Trinajstić information content (AvgIpc) is 3.38. The van der Waals surface area contributed by atoms with Gasteiger partial charge in [-0.25, -0.2) is 15.0 Å². The second kappa shape index (κ2) is 10.9. The number of carbonyl (C=O) groups excluding carboxylic acids is 1. The lowest BCUT2D eigenvalue weighted by molar-refractivity contribution is -0.143. The molecule has 39 heavy (non-hydrogen) atoms. The topological polar surface area (TPSA) is 121 Å². The minimum absolute atomic E-state index is 0.00568. The Hall–Kier alpha value is -1.71. The minimum Gasteiger partial charge on any atom is -0.414 e. The third kappa shape index (κ3) is 6.46. The summed E-state index contributed by atoms with van der Waals surface area (Å²) in [4.78, 5) is 25.6. The van der Waals surface area contributed by atoms with Gasteiger partial charge in [0.1, 0.15) is 18.2 Å². The highest BCUT2D eigenvalue weighted by molar-refractivity contribution is 6.74. The van der Waals surface area contributed by atoms with Crippen LogP contribution in [0.25, 0.3) is 11.2 Å². The predicted octanol–water partition coefficient (Wildman–Crippen LogP) is 5.48. The van der Waals surface area contributed by atoms with Gasteiger partial charge in [0.2, 0.25) is 5.91 Å². The Morgan fingerprint density at radius 2 is 1.74 bits per heavy atom. The molecular formula is C27H49N5O5Si2. The number of nitrogens with zero attached hydrogens (tertiary/aromatic N) is 4. The van der Waals surface area contributed by atoms with Crippen LogP contribution in [0.5, 0.6) is 0 Å². The van der Waals surface area contributed by atoms with Crippen molar-refractivity contribution in [1.29, 1.82) is 0 Å². The van der Waals surface area contributed by atoms with Crippen molar-refractivity contribution >= 4 is 39.5 Å². The zero-order valence-corrected chi connectivity index (χ0v) is 27.9. The fourth-order valence-electron chi connectivity index (χ4n) is 3.90. The molecule has 220 valence electrons. The van der Waals surface area contributed by atoms with Gasteiger partial charge < -0.3 is 24.0 Å². The van der Waals surface area contributed by atoms with Crippen molar-refractivity contribution in [1.82, 2.24) is 19.5 Å². The van der Waals surface area contributed by atoms with Crippen molar-refractivity contribution in [2.24, 2.45) is 5.92 Å². The molecule has 3 heterocycles. The summed E-state index contributed by atoms with van der Waals surface area (Å²) in [7, 11) is -4.37. The molecule has 0 bridgehead atoms. The minimum atomic E-state index is -2.23. The molecule has 10 nitrogen and oxygen atoms in total. The van der Waals surface area contributed by atoms with E-state index in [0.717, 1.165) is 0 Å². The first kappa shape index (κ1) is 31.8. The summed E-state index contributed by atoms with van der Waals surface area (Å²) in [5.41, 5.74) is -0.0243. The normalized spacial score (nSPS) is 23.1. The van der Waals surface area contributed by atoms with E-state index in [1.165, 1.54) is 6.33 Å². The van der Waals surface area contributed by atoms with E-state index in [1.54, 1.807) is 6.33 Å².